The van der Waals surface area contributed by atoms with Gasteiger partial charge in [0, 0.05) is 12.3 Å². The first-order valence-corrected chi connectivity index (χ1v) is 5.43. The summed E-state index contributed by atoms with van der Waals surface area (Å²) in [5, 5.41) is 8.75. The van der Waals surface area contributed by atoms with Crippen LogP contribution in [-0.2, 0) is 21.6 Å². The number of aromatic nitrogens is 2. The summed E-state index contributed by atoms with van der Waals surface area (Å²) in [6.45, 7) is 4.57. The highest BCUT2D eigenvalue weighted by molar-refractivity contribution is 5.69. The van der Waals surface area contributed by atoms with Crippen molar-refractivity contribution in [1.29, 1.82) is 0 Å². The van der Waals surface area contributed by atoms with Crippen LogP contribution in [0.3, 0.4) is 0 Å². The van der Waals surface area contributed by atoms with E-state index in [4.69, 9.17) is 9.84 Å². The SMILES string of the molecule is Cc1[nH]c(C2(C)CCCO2)nc1CC(=O)O. The number of nitrogens with zero attached hydrogens (tertiary/aromatic N) is 1. The number of carboxylic acids is 1. The van der Waals surface area contributed by atoms with Crippen LogP contribution in [0.25, 0.3) is 0 Å². The summed E-state index contributed by atoms with van der Waals surface area (Å²) >= 11 is 0. The number of aromatic amines is 1. The molecule has 1 fully saturated rings. The van der Waals surface area contributed by atoms with Crippen molar-refractivity contribution >= 4 is 5.97 Å². The second-order valence-electron chi connectivity index (χ2n) is 4.41. The third-order valence-electron chi connectivity index (χ3n) is 3.02. The van der Waals surface area contributed by atoms with Crippen LogP contribution in [0.5, 0.6) is 0 Å². The average Bonchev–Trinajstić information content (AvgIpc) is 2.75. The van der Waals surface area contributed by atoms with E-state index in [1.807, 2.05) is 13.8 Å². The molecule has 16 heavy (non-hydrogen) atoms. The maximum absolute atomic E-state index is 10.6. The van der Waals surface area contributed by atoms with Gasteiger partial charge < -0.3 is 14.8 Å². The Bertz CT molecular complexity index is 405. The first-order valence-electron chi connectivity index (χ1n) is 5.43. The van der Waals surface area contributed by atoms with Gasteiger partial charge in [-0.3, -0.25) is 4.79 Å². The fraction of sp³-hybridized carbons (Fsp3) is 0.636. The summed E-state index contributed by atoms with van der Waals surface area (Å²) in [7, 11) is 0. The van der Waals surface area contributed by atoms with Crippen LogP contribution in [0.1, 0.15) is 37.0 Å². The van der Waals surface area contributed by atoms with Gasteiger partial charge >= 0.3 is 5.97 Å². The lowest BCUT2D eigenvalue weighted by Crippen LogP contribution is -2.21. The van der Waals surface area contributed by atoms with E-state index in [0.29, 0.717) is 5.69 Å². The normalized spacial score (nSPS) is 24.9. The standard InChI is InChI=1S/C11H16N2O3/c1-7-8(6-9(14)15)13-10(12-7)11(2)4-3-5-16-11/h3-6H2,1-2H3,(H,12,13)(H,14,15). The Morgan fingerprint density at radius 1 is 1.69 bits per heavy atom. The molecule has 5 nitrogen and oxygen atoms in total. The molecule has 0 radical (unpaired) electrons. The van der Waals surface area contributed by atoms with Crippen LogP contribution >= 0.6 is 0 Å². The zero-order valence-corrected chi connectivity index (χ0v) is 9.54. The van der Waals surface area contributed by atoms with Gasteiger partial charge in [0.1, 0.15) is 11.4 Å². The number of hydrogen-bond acceptors (Lipinski definition) is 3. The molecule has 1 saturated heterocycles. The summed E-state index contributed by atoms with van der Waals surface area (Å²) in [5.74, 6) is -0.114. The zero-order valence-electron chi connectivity index (χ0n) is 9.54. The smallest absolute Gasteiger partial charge is 0.309 e. The molecule has 1 aromatic rings. The highest BCUT2D eigenvalue weighted by atomic mass is 16.5. The summed E-state index contributed by atoms with van der Waals surface area (Å²) in [5.41, 5.74) is 1.04. The van der Waals surface area contributed by atoms with Crippen LogP contribution in [0.15, 0.2) is 0 Å². The van der Waals surface area contributed by atoms with Crippen molar-refractivity contribution in [2.75, 3.05) is 6.61 Å². The molecule has 1 atom stereocenters. The van der Waals surface area contributed by atoms with E-state index < -0.39 is 5.97 Å². The van der Waals surface area contributed by atoms with Crippen LogP contribution in [0.2, 0.25) is 0 Å². The molecule has 2 N–H and O–H groups in total. The molecule has 5 heteroatoms. The maximum Gasteiger partial charge on any atom is 0.309 e. The Balaban J connectivity index is 2.26. The van der Waals surface area contributed by atoms with E-state index in [-0.39, 0.29) is 12.0 Å². The van der Waals surface area contributed by atoms with E-state index in [1.54, 1.807) is 0 Å². The summed E-state index contributed by atoms with van der Waals surface area (Å²) in [6.07, 6.45) is 1.90. The molecule has 0 amide bonds. The van der Waals surface area contributed by atoms with Gasteiger partial charge in [-0.2, -0.15) is 0 Å². The minimum atomic E-state index is -0.862. The number of aliphatic carboxylic acids is 1. The molecule has 2 heterocycles. The van der Waals surface area contributed by atoms with E-state index in [1.165, 1.54) is 0 Å². The monoisotopic (exact) mass is 224 g/mol. The van der Waals surface area contributed by atoms with Crippen molar-refractivity contribution in [1.82, 2.24) is 9.97 Å². The fourth-order valence-electron chi connectivity index (χ4n) is 2.03. The minimum Gasteiger partial charge on any atom is -0.481 e. The number of rotatable bonds is 3. The number of carbonyl (C=O) groups is 1. The Kier molecular flexibility index (Phi) is 2.71. The van der Waals surface area contributed by atoms with Gasteiger partial charge in [0.05, 0.1) is 12.1 Å². The molecular weight excluding hydrogens is 208 g/mol. The molecule has 0 aliphatic carbocycles. The number of H-pyrrole nitrogens is 1. The molecule has 1 aliphatic heterocycles. The number of carboxylic acid groups (broad SMARTS) is 1. The largest absolute Gasteiger partial charge is 0.481 e. The molecule has 1 unspecified atom stereocenters. The van der Waals surface area contributed by atoms with Crippen LogP contribution in [0.4, 0.5) is 0 Å². The zero-order chi connectivity index (χ0) is 11.8. The molecule has 0 saturated carbocycles. The molecule has 1 aliphatic rings. The Labute approximate surface area is 93.8 Å². The van der Waals surface area contributed by atoms with Gasteiger partial charge in [-0.15, -0.1) is 0 Å². The number of nitrogens with one attached hydrogen (secondary N) is 1. The maximum atomic E-state index is 10.6. The predicted molar refractivity (Wildman–Crippen MR) is 57.2 cm³/mol. The van der Waals surface area contributed by atoms with Crippen molar-refractivity contribution in [2.45, 2.75) is 38.7 Å². The molecular formula is C11H16N2O3. The highest BCUT2D eigenvalue weighted by Crippen LogP contribution is 2.34. The lowest BCUT2D eigenvalue weighted by Gasteiger charge is -2.19. The fourth-order valence-corrected chi connectivity index (χ4v) is 2.03. The topological polar surface area (TPSA) is 75.2 Å². The molecule has 2 rings (SSSR count). The van der Waals surface area contributed by atoms with E-state index in [9.17, 15) is 4.79 Å². The van der Waals surface area contributed by atoms with Gasteiger partial charge in [-0.1, -0.05) is 0 Å². The van der Waals surface area contributed by atoms with E-state index in [2.05, 4.69) is 9.97 Å². The van der Waals surface area contributed by atoms with Crippen LogP contribution in [0, 0.1) is 6.92 Å². The van der Waals surface area contributed by atoms with Crippen molar-refractivity contribution in [3.63, 3.8) is 0 Å². The third-order valence-corrected chi connectivity index (χ3v) is 3.02. The van der Waals surface area contributed by atoms with Gasteiger partial charge in [0.15, 0.2) is 0 Å². The summed E-state index contributed by atoms with van der Waals surface area (Å²) < 4.78 is 5.66. The lowest BCUT2D eigenvalue weighted by atomic mass is 10.0. The third kappa shape index (κ3) is 1.95. The second kappa shape index (κ2) is 3.90. The summed E-state index contributed by atoms with van der Waals surface area (Å²) in [4.78, 5) is 18.1. The van der Waals surface area contributed by atoms with E-state index >= 15 is 0 Å². The Morgan fingerprint density at radius 2 is 2.44 bits per heavy atom. The molecule has 0 spiro atoms. The first kappa shape index (κ1) is 11.1. The summed E-state index contributed by atoms with van der Waals surface area (Å²) in [6, 6.07) is 0. The van der Waals surface area contributed by atoms with E-state index in [0.717, 1.165) is 31.0 Å². The van der Waals surface area contributed by atoms with Crippen molar-refractivity contribution in [2.24, 2.45) is 0 Å². The van der Waals surface area contributed by atoms with Gasteiger partial charge in [-0.25, -0.2) is 4.98 Å². The van der Waals surface area contributed by atoms with Gasteiger partial charge in [0.2, 0.25) is 0 Å². The number of ether oxygens (including phenoxy) is 1. The van der Waals surface area contributed by atoms with Crippen LogP contribution < -0.4 is 0 Å². The molecule has 1 aromatic heterocycles. The second-order valence-corrected chi connectivity index (χ2v) is 4.41. The average molecular weight is 224 g/mol. The predicted octanol–water partition coefficient (Wildman–Crippen LogP) is 1.37. The molecule has 0 bridgehead atoms. The Hall–Kier alpha value is -1.36. The van der Waals surface area contributed by atoms with Crippen molar-refractivity contribution < 1.29 is 14.6 Å². The van der Waals surface area contributed by atoms with Crippen LogP contribution in [-0.4, -0.2) is 27.7 Å². The first-order chi connectivity index (χ1) is 7.51. The number of aryl methyl sites for hydroxylation is 1. The highest BCUT2D eigenvalue weighted by Gasteiger charge is 2.35. The lowest BCUT2D eigenvalue weighted by molar-refractivity contribution is -0.136. The molecule has 0 aromatic carbocycles. The number of imidazole rings is 1. The molecule has 88 valence electrons. The van der Waals surface area contributed by atoms with Gasteiger partial charge in [0.25, 0.3) is 0 Å². The van der Waals surface area contributed by atoms with Crippen molar-refractivity contribution in [3.8, 4) is 0 Å². The van der Waals surface area contributed by atoms with Gasteiger partial charge in [-0.05, 0) is 26.7 Å². The number of hydrogen-bond donors (Lipinski definition) is 2. The Morgan fingerprint density at radius 3 is 3.00 bits per heavy atom. The van der Waals surface area contributed by atoms with Crippen molar-refractivity contribution in [3.05, 3.63) is 17.2 Å². The quantitative estimate of drug-likeness (QED) is 0.813. The minimum absolute atomic E-state index is 0.0432.